The van der Waals surface area contributed by atoms with Gasteiger partial charge in [-0.25, -0.2) is 0 Å². The standard InChI is InChI=1S/C59H37NOS/c1-3-18-39(19-4-1)59(40-20-5-2-6-21-40)49-27-12-9-25-47(49)57-50(59)28-16-30-52(57)60(41-34-36-45-44-24-11-14-32-54(44)62-55(45)37-41)51-29-13-10-23-43(51)46-26-15-31-53-56(46)48-35-33-38-17-7-8-22-42(38)58(48)61-53/h1-37H. The van der Waals surface area contributed by atoms with Crippen LogP contribution in [0.25, 0.3) is 75.1 Å². The Labute approximate surface area is 363 Å². The van der Waals surface area contributed by atoms with Gasteiger partial charge in [0, 0.05) is 53.1 Å². The van der Waals surface area contributed by atoms with Crippen molar-refractivity contribution in [3.8, 4) is 22.3 Å². The molecule has 0 atom stereocenters. The quantitative estimate of drug-likeness (QED) is 0.166. The van der Waals surface area contributed by atoms with E-state index in [0.29, 0.717) is 0 Å². The largest absolute Gasteiger partial charge is 0.455 e. The molecule has 0 saturated heterocycles. The van der Waals surface area contributed by atoms with Crippen molar-refractivity contribution in [1.29, 1.82) is 0 Å². The maximum atomic E-state index is 6.77. The SMILES string of the molecule is c1ccc(C2(c3ccccc3)c3ccccc3-c3c(N(c4ccc5c(c4)sc4ccccc45)c4ccccc4-c4cccc5oc6c7ccccc7ccc6c45)cccc32)cc1. The highest BCUT2D eigenvalue weighted by atomic mass is 32.1. The number of benzene rings is 10. The second-order valence-electron chi connectivity index (χ2n) is 16.3. The molecule has 0 aliphatic heterocycles. The molecule has 290 valence electrons. The van der Waals surface area contributed by atoms with Gasteiger partial charge in [-0.15, -0.1) is 11.3 Å². The highest BCUT2D eigenvalue weighted by Crippen LogP contribution is 2.60. The van der Waals surface area contributed by atoms with Crippen LogP contribution in [0.5, 0.6) is 0 Å². The number of furan rings is 1. The van der Waals surface area contributed by atoms with Crippen LogP contribution in [0.2, 0.25) is 0 Å². The Morgan fingerprint density at radius 1 is 0.403 bits per heavy atom. The molecular weight excluding hydrogens is 771 g/mol. The fourth-order valence-electron chi connectivity index (χ4n) is 10.6. The minimum absolute atomic E-state index is 0.533. The number of rotatable bonds is 6. The molecule has 0 fully saturated rings. The number of hydrogen-bond acceptors (Lipinski definition) is 3. The summed E-state index contributed by atoms with van der Waals surface area (Å²) in [5.41, 5.74) is 14.4. The Kier molecular flexibility index (Phi) is 7.72. The van der Waals surface area contributed by atoms with E-state index >= 15 is 0 Å². The Morgan fingerprint density at radius 3 is 1.85 bits per heavy atom. The topological polar surface area (TPSA) is 16.4 Å². The van der Waals surface area contributed by atoms with Gasteiger partial charge in [-0.1, -0.05) is 182 Å². The van der Waals surface area contributed by atoms with Crippen LogP contribution in [0, 0.1) is 0 Å². The monoisotopic (exact) mass is 807 g/mol. The molecule has 12 aromatic rings. The van der Waals surface area contributed by atoms with E-state index in [9.17, 15) is 0 Å². The van der Waals surface area contributed by atoms with Crippen molar-refractivity contribution in [3.63, 3.8) is 0 Å². The summed E-state index contributed by atoms with van der Waals surface area (Å²) in [5, 5.41) is 7.10. The third-order valence-corrected chi connectivity index (χ3v) is 14.3. The lowest BCUT2D eigenvalue weighted by atomic mass is 9.68. The Bertz CT molecular complexity index is 3670. The van der Waals surface area contributed by atoms with Crippen molar-refractivity contribution in [2.24, 2.45) is 0 Å². The van der Waals surface area contributed by atoms with Crippen molar-refractivity contribution < 1.29 is 4.42 Å². The molecule has 0 radical (unpaired) electrons. The first-order valence-corrected chi connectivity index (χ1v) is 22.1. The lowest BCUT2D eigenvalue weighted by Gasteiger charge is -2.34. The summed E-state index contributed by atoms with van der Waals surface area (Å²) in [6.07, 6.45) is 0. The molecule has 0 bridgehead atoms. The zero-order valence-corrected chi connectivity index (χ0v) is 34.4. The van der Waals surface area contributed by atoms with Gasteiger partial charge in [0.1, 0.15) is 11.2 Å². The van der Waals surface area contributed by atoms with Crippen molar-refractivity contribution >= 4 is 81.3 Å². The molecular formula is C59H37NOS. The second-order valence-corrected chi connectivity index (χ2v) is 17.4. The van der Waals surface area contributed by atoms with E-state index in [1.54, 1.807) is 0 Å². The van der Waals surface area contributed by atoms with Crippen LogP contribution in [0.3, 0.4) is 0 Å². The molecule has 0 saturated carbocycles. The Morgan fingerprint density at radius 2 is 1.02 bits per heavy atom. The first kappa shape index (κ1) is 35.1. The minimum atomic E-state index is -0.533. The van der Waals surface area contributed by atoms with E-state index in [1.165, 1.54) is 58.9 Å². The van der Waals surface area contributed by atoms with Gasteiger partial charge in [-0.2, -0.15) is 0 Å². The lowest BCUT2D eigenvalue weighted by Crippen LogP contribution is -2.28. The van der Waals surface area contributed by atoms with Gasteiger partial charge in [0.25, 0.3) is 0 Å². The summed E-state index contributed by atoms with van der Waals surface area (Å²) in [4.78, 5) is 2.53. The number of hydrogen-bond donors (Lipinski definition) is 0. The van der Waals surface area contributed by atoms with Crippen LogP contribution in [0.4, 0.5) is 17.1 Å². The molecule has 1 aliphatic rings. The summed E-state index contributed by atoms with van der Waals surface area (Å²) >= 11 is 1.86. The smallest absolute Gasteiger partial charge is 0.143 e. The van der Waals surface area contributed by atoms with Crippen LogP contribution in [0.1, 0.15) is 22.3 Å². The predicted octanol–water partition coefficient (Wildman–Crippen LogP) is 16.6. The van der Waals surface area contributed by atoms with E-state index in [0.717, 1.165) is 55.5 Å². The third-order valence-electron chi connectivity index (χ3n) is 13.1. The molecule has 62 heavy (non-hydrogen) atoms. The molecule has 3 heteroatoms. The first-order chi connectivity index (χ1) is 30.8. The van der Waals surface area contributed by atoms with Crippen LogP contribution in [-0.2, 0) is 5.41 Å². The molecule has 0 amide bonds. The van der Waals surface area contributed by atoms with Crippen molar-refractivity contribution in [2.75, 3.05) is 4.90 Å². The molecule has 13 rings (SSSR count). The number of para-hydroxylation sites is 1. The van der Waals surface area contributed by atoms with E-state index in [2.05, 4.69) is 229 Å². The number of nitrogens with zero attached hydrogens (tertiary/aromatic N) is 1. The average molecular weight is 808 g/mol. The summed E-state index contributed by atoms with van der Waals surface area (Å²) in [7, 11) is 0. The second kappa shape index (κ2) is 13.7. The number of thiophene rings is 1. The van der Waals surface area contributed by atoms with Crippen LogP contribution in [0.15, 0.2) is 229 Å². The Balaban J connectivity index is 1.13. The number of fused-ring (bicyclic) bond motifs is 11. The minimum Gasteiger partial charge on any atom is -0.455 e. The fourth-order valence-corrected chi connectivity index (χ4v) is 11.7. The fraction of sp³-hybridized carbons (Fsp3) is 0.0169. The molecule has 2 heterocycles. The van der Waals surface area contributed by atoms with Gasteiger partial charge < -0.3 is 9.32 Å². The normalized spacial score (nSPS) is 13.0. The van der Waals surface area contributed by atoms with Gasteiger partial charge in [0.05, 0.1) is 16.8 Å². The number of anilines is 3. The van der Waals surface area contributed by atoms with Gasteiger partial charge in [-0.3, -0.25) is 0 Å². The predicted molar refractivity (Wildman–Crippen MR) is 262 cm³/mol. The summed E-state index contributed by atoms with van der Waals surface area (Å²) < 4.78 is 9.32. The summed E-state index contributed by atoms with van der Waals surface area (Å²) in [6, 6.07) is 82.4. The van der Waals surface area contributed by atoms with Crippen molar-refractivity contribution in [1.82, 2.24) is 0 Å². The Hall–Kier alpha value is -7.72. The summed E-state index contributed by atoms with van der Waals surface area (Å²) in [5.74, 6) is 0. The molecule has 0 unspecified atom stereocenters. The van der Waals surface area contributed by atoms with Gasteiger partial charge in [-0.05, 0) is 81.2 Å². The van der Waals surface area contributed by atoms with Crippen molar-refractivity contribution in [3.05, 3.63) is 247 Å². The molecule has 0 spiro atoms. The van der Waals surface area contributed by atoms with Crippen LogP contribution < -0.4 is 4.90 Å². The highest BCUT2D eigenvalue weighted by Gasteiger charge is 2.47. The third kappa shape index (κ3) is 4.97. The van der Waals surface area contributed by atoms with Gasteiger partial charge in [0.2, 0.25) is 0 Å². The molecule has 10 aromatic carbocycles. The maximum absolute atomic E-state index is 6.77. The van der Waals surface area contributed by atoms with Crippen LogP contribution in [-0.4, -0.2) is 0 Å². The zero-order valence-electron chi connectivity index (χ0n) is 33.6. The lowest BCUT2D eigenvalue weighted by molar-refractivity contribution is 0.673. The van der Waals surface area contributed by atoms with Crippen molar-refractivity contribution in [2.45, 2.75) is 5.41 Å². The van der Waals surface area contributed by atoms with Gasteiger partial charge >= 0.3 is 0 Å². The summed E-state index contributed by atoms with van der Waals surface area (Å²) in [6.45, 7) is 0. The molecule has 0 N–H and O–H groups in total. The average Bonchev–Trinajstić information content (AvgIpc) is 4.01. The van der Waals surface area contributed by atoms with E-state index in [1.807, 2.05) is 11.3 Å². The van der Waals surface area contributed by atoms with E-state index in [4.69, 9.17) is 4.42 Å². The van der Waals surface area contributed by atoms with E-state index < -0.39 is 5.41 Å². The van der Waals surface area contributed by atoms with Crippen LogP contribution >= 0.6 is 11.3 Å². The highest BCUT2D eigenvalue weighted by molar-refractivity contribution is 7.25. The molecule has 1 aliphatic carbocycles. The first-order valence-electron chi connectivity index (χ1n) is 21.3. The molecule has 2 nitrogen and oxygen atoms in total. The zero-order chi connectivity index (χ0) is 40.8. The van der Waals surface area contributed by atoms with Gasteiger partial charge in [0.15, 0.2) is 0 Å². The maximum Gasteiger partial charge on any atom is 0.143 e. The molecule has 2 aromatic heterocycles. The van der Waals surface area contributed by atoms with E-state index in [-0.39, 0.29) is 0 Å².